The van der Waals surface area contributed by atoms with Gasteiger partial charge in [0.1, 0.15) is 5.03 Å². The number of nitro groups is 1. The molecule has 0 spiro atoms. The Morgan fingerprint density at radius 3 is 2.75 bits per heavy atom. The highest BCUT2D eigenvalue weighted by Gasteiger charge is 2.14. The summed E-state index contributed by atoms with van der Waals surface area (Å²) in [6, 6.07) is 13.8. The van der Waals surface area contributed by atoms with Crippen LogP contribution < -0.4 is 0 Å². The van der Waals surface area contributed by atoms with Crippen molar-refractivity contribution in [1.29, 1.82) is 0 Å². The van der Waals surface area contributed by atoms with Gasteiger partial charge in [-0.25, -0.2) is 0 Å². The molecule has 0 aliphatic carbocycles. The number of rotatable bonds is 4. The van der Waals surface area contributed by atoms with E-state index in [4.69, 9.17) is 16.0 Å². The smallest absolute Gasteiger partial charge is 0.270 e. The zero-order valence-corrected chi connectivity index (χ0v) is 13.4. The Bertz CT molecular complexity index is 934. The number of halogens is 1. The Morgan fingerprint density at radius 2 is 2.00 bits per heavy atom. The number of hydrogen-bond donors (Lipinski definition) is 0. The number of hydrogen-bond acceptors (Lipinski definition) is 5. The third-order valence-electron chi connectivity index (χ3n) is 3.27. The van der Waals surface area contributed by atoms with Gasteiger partial charge < -0.3 is 4.42 Å². The fourth-order valence-corrected chi connectivity index (χ4v) is 2.36. The molecule has 24 heavy (non-hydrogen) atoms. The molecule has 2 aromatic carbocycles. The van der Waals surface area contributed by atoms with Crippen molar-refractivity contribution in [2.75, 3.05) is 0 Å². The lowest BCUT2D eigenvalue weighted by atomic mass is 10.1. The van der Waals surface area contributed by atoms with Gasteiger partial charge >= 0.3 is 0 Å². The first-order chi connectivity index (χ1) is 11.5. The van der Waals surface area contributed by atoms with Crippen molar-refractivity contribution in [1.82, 2.24) is 10.2 Å². The molecule has 7 heteroatoms. The maximum absolute atomic E-state index is 10.8. The molecule has 0 amide bonds. The first-order valence-corrected chi connectivity index (χ1v) is 7.43. The third-order valence-corrected chi connectivity index (χ3v) is 3.54. The summed E-state index contributed by atoms with van der Waals surface area (Å²) >= 11 is 6.23. The van der Waals surface area contributed by atoms with Crippen LogP contribution in [0.2, 0.25) is 0 Å². The molecule has 0 radical (unpaired) electrons. The van der Waals surface area contributed by atoms with Crippen LogP contribution in [0.1, 0.15) is 17.0 Å². The van der Waals surface area contributed by atoms with Crippen LogP contribution in [0.5, 0.6) is 0 Å². The molecule has 0 aliphatic heterocycles. The number of aromatic nitrogens is 2. The molecule has 0 aliphatic rings. The van der Waals surface area contributed by atoms with Crippen LogP contribution in [-0.2, 0) is 0 Å². The van der Waals surface area contributed by atoms with E-state index in [1.807, 2.05) is 31.2 Å². The summed E-state index contributed by atoms with van der Waals surface area (Å²) in [4.78, 5) is 10.4. The van der Waals surface area contributed by atoms with E-state index in [1.165, 1.54) is 12.1 Å². The lowest BCUT2D eigenvalue weighted by molar-refractivity contribution is -0.384. The average Bonchev–Trinajstić information content (AvgIpc) is 3.05. The van der Waals surface area contributed by atoms with Gasteiger partial charge in [0.15, 0.2) is 0 Å². The van der Waals surface area contributed by atoms with Crippen molar-refractivity contribution in [2.24, 2.45) is 0 Å². The Hall–Kier alpha value is -2.99. The summed E-state index contributed by atoms with van der Waals surface area (Å²) in [7, 11) is 0. The largest absolute Gasteiger partial charge is 0.415 e. The van der Waals surface area contributed by atoms with Crippen molar-refractivity contribution in [3.05, 3.63) is 75.7 Å². The molecule has 120 valence electrons. The molecule has 6 nitrogen and oxygen atoms in total. The van der Waals surface area contributed by atoms with Gasteiger partial charge in [0.25, 0.3) is 11.6 Å². The second-order valence-electron chi connectivity index (χ2n) is 5.13. The Kier molecular flexibility index (Phi) is 4.39. The number of nitro benzene ring substituents is 1. The number of aryl methyl sites for hydroxylation is 1. The van der Waals surface area contributed by atoms with Crippen LogP contribution in [0.15, 0.2) is 52.9 Å². The normalized spacial score (nSPS) is 11.5. The van der Waals surface area contributed by atoms with Gasteiger partial charge in [0, 0.05) is 17.7 Å². The van der Waals surface area contributed by atoms with Crippen LogP contribution in [0, 0.1) is 17.0 Å². The minimum Gasteiger partial charge on any atom is -0.415 e. The predicted molar refractivity (Wildman–Crippen MR) is 91.3 cm³/mol. The lowest BCUT2D eigenvalue weighted by Gasteiger charge is -1.97. The Morgan fingerprint density at radius 1 is 1.21 bits per heavy atom. The number of benzene rings is 2. The second-order valence-corrected chi connectivity index (χ2v) is 5.53. The fraction of sp³-hybridized carbons (Fsp3) is 0.0588. The van der Waals surface area contributed by atoms with Crippen LogP contribution in [0.4, 0.5) is 5.69 Å². The first kappa shape index (κ1) is 15.9. The molecule has 0 saturated heterocycles. The van der Waals surface area contributed by atoms with Crippen LogP contribution in [-0.4, -0.2) is 15.1 Å². The van der Waals surface area contributed by atoms with Crippen molar-refractivity contribution >= 4 is 28.4 Å². The van der Waals surface area contributed by atoms with E-state index in [2.05, 4.69) is 10.2 Å². The summed E-state index contributed by atoms with van der Waals surface area (Å²) in [6.45, 7) is 1.98. The van der Waals surface area contributed by atoms with E-state index < -0.39 is 4.92 Å². The molecule has 1 heterocycles. The quantitative estimate of drug-likeness (QED) is 0.508. The maximum atomic E-state index is 10.8. The molecular formula is C17H12ClN3O3. The average molecular weight is 342 g/mol. The second kappa shape index (κ2) is 6.64. The highest BCUT2D eigenvalue weighted by atomic mass is 35.5. The monoisotopic (exact) mass is 341 g/mol. The lowest BCUT2D eigenvalue weighted by Crippen LogP contribution is -1.88. The predicted octanol–water partition coefficient (Wildman–Crippen LogP) is 4.69. The summed E-state index contributed by atoms with van der Waals surface area (Å²) < 4.78 is 5.52. The first-order valence-electron chi connectivity index (χ1n) is 7.05. The van der Waals surface area contributed by atoms with Crippen molar-refractivity contribution in [3.8, 4) is 11.5 Å². The van der Waals surface area contributed by atoms with E-state index in [-0.39, 0.29) is 17.5 Å². The molecule has 0 atom stereocenters. The number of non-ortho nitro benzene ring substituents is 1. The zero-order valence-electron chi connectivity index (χ0n) is 12.6. The van der Waals surface area contributed by atoms with Gasteiger partial charge in [-0.05, 0) is 24.6 Å². The van der Waals surface area contributed by atoms with Crippen molar-refractivity contribution in [3.63, 3.8) is 0 Å². The number of nitrogens with zero attached hydrogens (tertiary/aromatic N) is 3. The van der Waals surface area contributed by atoms with E-state index in [9.17, 15) is 10.1 Å². The third kappa shape index (κ3) is 3.49. The molecule has 0 bridgehead atoms. The van der Waals surface area contributed by atoms with Crippen LogP contribution >= 0.6 is 11.6 Å². The van der Waals surface area contributed by atoms with E-state index in [1.54, 1.807) is 18.2 Å². The van der Waals surface area contributed by atoms with Crippen LogP contribution in [0.3, 0.4) is 0 Å². The highest BCUT2D eigenvalue weighted by molar-refractivity contribution is 6.50. The Balaban J connectivity index is 1.90. The van der Waals surface area contributed by atoms with Gasteiger partial charge in [-0.1, -0.05) is 47.5 Å². The van der Waals surface area contributed by atoms with Gasteiger partial charge in [-0.2, -0.15) is 0 Å². The summed E-state index contributed by atoms with van der Waals surface area (Å²) in [5, 5.41) is 18.9. The highest BCUT2D eigenvalue weighted by Crippen LogP contribution is 2.27. The van der Waals surface area contributed by atoms with Crippen molar-refractivity contribution in [2.45, 2.75) is 6.92 Å². The minimum atomic E-state index is -0.481. The van der Waals surface area contributed by atoms with Gasteiger partial charge in [-0.3, -0.25) is 10.1 Å². The zero-order chi connectivity index (χ0) is 17.1. The molecule has 0 fully saturated rings. The standard InChI is InChI=1S/C17H12ClN3O3/c1-11-4-2-5-12(8-11)9-15(18)17-20-19-16(24-17)13-6-3-7-14(10-13)21(22)23/h2-10H,1H3/b15-9-. The summed E-state index contributed by atoms with van der Waals surface area (Å²) in [6.07, 6.45) is 1.72. The fourth-order valence-electron chi connectivity index (χ4n) is 2.16. The minimum absolute atomic E-state index is 0.0475. The summed E-state index contributed by atoms with van der Waals surface area (Å²) in [5.41, 5.74) is 2.43. The molecule has 3 aromatic rings. The summed E-state index contributed by atoms with van der Waals surface area (Å²) in [5.74, 6) is 0.323. The molecule has 3 rings (SSSR count). The van der Waals surface area contributed by atoms with E-state index >= 15 is 0 Å². The molecular weight excluding hydrogens is 330 g/mol. The van der Waals surface area contributed by atoms with Crippen molar-refractivity contribution < 1.29 is 9.34 Å². The topological polar surface area (TPSA) is 82.1 Å². The van der Waals surface area contributed by atoms with E-state index in [0.29, 0.717) is 10.6 Å². The van der Waals surface area contributed by atoms with Gasteiger partial charge in [0.2, 0.25) is 5.89 Å². The van der Waals surface area contributed by atoms with E-state index in [0.717, 1.165) is 11.1 Å². The SMILES string of the molecule is Cc1cccc(/C=C(\Cl)c2nnc(-c3cccc([N+](=O)[O-])c3)o2)c1. The van der Waals surface area contributed by atoms with Crippen LogP contribution in [0.25, 0.3) is 22.6 Å². The molecule has 0 unspecified atom stereocenters. The molecule has 0 N–H and O–H groups in total. The maximum Gasteiger partial charge on any atom is 0.270 e. The molecule has 0 saturated carbocycles. The Labute approximate surface area is 142 Å². The van der Waals surface area contributed by atoms with Gasteiger partial charge in [0.05, 0.1) is 4.92 Å². The van der Waals surface area contributed by atoms with Gasteiger partial charge in [-0.15, -0.1) is 10.2 Å². The molecule has 1 aromatic heterocycles.